The van der Waals surface area contributed by atoms with Gasteiger partial charge in [0.25, 0.3) is 5.19 Å². The Labute approximate surface area is 118 Å². The van der Waals surface area contributed by atoms with E-state index in [0.29, 0.717) is 16.1 Å². The number of benzene rings is 1. The van der Waals surface area contributed by atoms with Crippen molar-refractivity contribution in [2.24, 2.45) is 0 Å². The van der Waals surface area contributed by atoms with Crippen LogP contribution in [0, 0.1) is 6.92 Å². The smallest absolute Gasteiger partial charge is 0.340 e. The van der Waals surface area contributed by atoms with Gasteiger partial charge in [-0.05, 0) is 13.0 Å². The van der Waals surface area contributed by atoms with Crippen molar-refractivity contribution in [1.29, 1.82) is 0 Å². The lowest BCUT2D eigenvalue weighted by atomic mass is 10.1. The molecule has 100 valence electrons. The molecule has 1 aromatic carbocycles. The number of rotatable bonds is 3. The first-order valence-electron chi connectivity index (χ1n) is 5.86. The minimum atomic E-state index is -1.05. The summed E-state index contributed by atoms with van der Waals surface area (Å²) >= 11 is 1.32. The van der Waals surface area contributed by atoms with Crippen molar-refractivity contribution in [3.63, 3.8) is 0 Å². The van der Waals surface area contributed by atoms with Gasteiger partial charge in [0.05, 0.1) is 17.4 Å². The molecule has 3 rings (SSSR count). The molecule has 0 radical (unpaired) electrons. The highest BCUT2D eigenvalue weighted by Gasteiger charge is 2.18. The zero-order chi connectivity index (χ0) is 14.1. The second-order valence-corrected chi connectivity index (χ2v) is 5.00. The molecule has 0 spiro atoms. The SMILES string of the molecule is Cc1csc(Oc2cnc3ccccc3c2C(=O)O)n1. The highest BCUT2D eigenvalue weighted by atomic mass is 32.1. The zero-order valence-corrected chi connectivity index (χ0v) is 11.3. The topological polar surface area (TPSA) is 72.3 Å². The summed E-state index contributed by atoms with van der Waals surface area (Å²) in [6.45, 7) is 1.85. The molecule has 1 N–H and O–H groups in total. The van der Waals surface area contributed by atoms with Gasteiger partial charge in [0, 0.05) is 10.8 Å². The third-order valence-electron chi connectivity index (χ3n) is 2.75. The number of carboxylic acids is 1. The Balaban J connectivity index is 2.15. The molecule has 0 aliphatic carbocycles. The first-order chi connectivity index (χ1) is 9.65. The minimum Gasteiger partial charge on any atom is -0.478 e. The van der Waals surface area contributed by atoms with Crippen molar-refractivity contribution in [2.75, 3.05) is 0 Å². The first-order valence-corrected chi connectivity index (χ1v) is 6.74. The van der Waals surface area contributed by atoms with Crippen molar-refractivity contribution in [3.05, 3.63) is 47.1 Å². The Kier molecular flexibility index (Phi) is 3.08. The molecule has 3 aromatic rings. The van der Waals surface area contributed by atoms with Gasteiger partial charge in [0.2, 0.25) is 0 Å². The van der Waals surface area contributed by atoms with Crippen LogP contribution in [0.3, 0.4) is 0 Å². The molecule has 6 heteroatoms. The number of ether oxygens (including phenoxy) is 1. The Morgan fingerprint density at radius 3 is 2.85 bits per heavy atom. The fourth-order valence-electron chi connectivity index (χ4n) is 1.89. The van der Waals surface area contributed by atoms with E-state index in [-0.39, 0.29) is 11.3 Å². The number of fused-ring (bicyclic) bond motifs is 1. The van der Waals surface area contributed by atoms with E-state index < -0.39 is 5.97 Å². The van der Waals surface area contributed by atoms with Crippen molar-refractivity contribution in [2.45, 2.75) is 6.92 Å². The van der Waals surface area contributed by atoms with Gasteiger partial charge in [0.15, 0.2) is 5.75 Å². The van der Waals surface area contributed by atoms with Gasteiger partial charge >= 0.3 is 5.97 Å². The summed E-state index contributed by atoms with van der Waals surface area (Å²) in [6, 6.07) is 7.06. The zero-order valence-electron chi connectivity index (χ0n) is 10.5. The second kappa shape index (κ2) is 4.90. The number of hydrogen-bond acceptors (Lipinski definition) is 5. The Morgan fingerprint density at radius 2 is 2.15 bits per heavy atom. The van der Waals surface area contributed by atoms with Crippen LogP contribution in [0.25, 0.3) is 10.9 Å². The summed E-state index contributed by atoms with van der Waals surface area (Å²) in [7, 11) is 0. The molecule has 0 saturated carbocycles. The lowest BCUT2D eigenvalue weighted by Crippen LogP contribution is -2.02. The monoisotopic (exact) mass is 286 g/mol. The molecule has 2 aromatic heterocycles. The number of carbonyl (C=O) groups is 1. The van der Waals surface area contributed by atoms with Crippen LogP contribution in [0.2, 0.25) is 0 Å². The summed E-state index contributed by atoms with van der Waals surface area (Å²) in [5, 5.41) is 12.2. The van der Waals surface area contributed by atoms with E-state index in [2.05, 4.69) is 9.97 Å². The minimum absolute atomic E-state index is 0.100. The van der Waals surface area contributed by atoms with E-state index in [1.54, 1.807) is 18.2 Å². The summed E-state index contributed by atoms with van der Waals surface area (Å²) in [6.07, 6.45) is 1.42. The lowest BCUT2D eigenvalue weighted by molar-refractivity contribution is 0.0696. The molecule has 5 nitrogen and oxygen atoms in total. The van der Waals surface area contributed by atoms with Crippen LogP contribution in [0.1, 0.15) is 16.1 Å². The summed E-state index contributed by atoms with van der Waals surface area (Å²) in [5.41, 5.74) is 1.55. The predicted octanol–water partition coefficient (Wildman–Crippen LogP) is 3.49. The average molecular weight is 286 g/mol. The van der Waals surface area contributed by atoms with Gasteiger partial charge in [-0.15, -0.1) is 0 Å². The quantitative estimate of drug-likeness (QED) is 0.798. The van der Waals surface area contributed by atoms with Gasteiger partial charge in [-0.1, -0.05) is 29.5 Å². The maximum atomic E-state index is 11.5. The number of pyridine rings is 1. The third kappa shape index (κ3) is 2.21. The Morgan fingerprint density at radius 1 is 1.35 bits per heavy atom. The second-order valence-electron chi connectivity index (χ2n) is 4.18. The predicted molar refractivity (Wildman–Crippen MR) is 75.6 cm³/mol. The van der Waals surface area contributed by atoms with Crippen LogP contribution in [0.4, 0.5) is 0 Å². The van der Waals surface area contributed by atoms with Crippen molar-refractivity contribution in [1.82, 2.24) is 9.97 Å². The fourth-order valence-corrected chi connectivity index (χ4v) is 2.55. The number of aromatic nitrogens is 2. The maximum Gasteiger partial charge on any atom is 0.340 e. The fraction of sp³-hybridized carbons (Fsp3) is 0.0714. The van der Waals surface area contributed by atoms with Crippen LogP contribution in [0.5, 0.6) is 10.9 Å². The molecule has 0 bridgehead atoms. The van der Waals surface area contributed by atoms with E-state index in [4.69, 9.17) is 4.74 Å². The number of carboxylic acid groups (broad SMARTS) is 1. The lowest BCUT2D eigenvalue weighted by Gasteiger charge is -2.08. The van der Waals surface area contributed by atoms with E-state index >= 15 is 0 Å². The van der Waals surface area contributed by atoms with Crippen LogP contribution in [-0.4, -0.2) is 21.0 Å². The van der Waals surface area contributed by atoms with Crippen molar-refractivity contribution < 1.29 is 14.6 Å². The maximum absolute atomic E-state index is 11.5. The van der Waals surface area contributed by atoms with Crippen LogP contribution in [-0.2, 0) is 0 Å². The molecule has 0 atom stereocenters. The van der Waals surface area contributed by atoms with Gasteiger partial charge < -0.3 is 9.84 Å². The molecular weight excluding hydrogens is 276 g/mol. The van der Waals surface area contributed by atoms with E-state index in [0.717, 1.165) is 5.69 Å². The van der Waals surface area contributed by atoms with E-state index in [9.17, 15) is 9.90 Å². The van der Waals surface area contributed by atoms with Crippen molar-refractivity contribution in [3.8, 4) is 10.9 Å². The molecular formula is C14H10N2O3S. The largest absolute Gasteiger partial charge is 0.478 e. The van der Waals surface area contributed by atoms with Gasteiger partial charge in [0.1, 0.15) is 5.56 Å². The number of nitrogens with zero attached hydrogens (tertiary/aromatic N) is 2. The Bertz CT molecular complexity index is 798. The normalized spacial score (nSPS) is 10.7. The number of aromatic carboxylic acids is 1. The van der Waals surface area contributed by atoms with Crippen LogP contribution in [0.15, 0.2) is 35.8 Å². The van der Waals surface area contributed by atoms with E-state index in [1.165, 1.54) is 17.5 Å². The number of thiazole rings is 1. The molecule has 0 aliphatic heterocycles. The summed E-state index contributed by atoms with van der Waals surface area (Å²) in [4.78, 5) is 19.9. The molecule has 0 fully saturated rings. The van der Waals surface area contributed by atoms with Crippen LogP contribution < -0.4 is 4.74 Å². The van der Waals surface area contributed by atoms with Crippen molar-refractivity contribution >= 4 is 28.2 Å². The molecule has 0 unspecified atom stereocenters. The molecule has 2 heterocycles. The van der Waals surface area contributed by atoms with E-state index in [1.807, 2.05) is 18.4 Å². The van der Waals surface area contributed by atoms with Crippen LogP contribution >= 0.6 is 11.3 Å². The number of aryl methyl sites for hydroxylation is 1. The molecule has 0 amide bonds. The molecule has 20 heavy (non-hydrogen) atoms. The first kappa shape index (κ1) is 12.6. The standard InChI is InChI=1S/C14H10N2O3S/c1-8-7-20-14(16-8)19-11-6-15-10-5-3-2-4-9(10)12(11)13(17)18/h2-7H,1H3,(H,17,18). The van der Waals surface area contributed by atoms with Gasteiger partial charge in [-0.2, -0.15) is 0 Å². The number of para-hydroxylation sites is 1. The highest BCUT2D eigenvalue weighted by Crippen LogP contribution is 2.31. The Hall–Kier alpha value is -2.47. The summed E-state index contributed by atoms with van der Waals surface area (Å²) in [5.74, 6) is -0.850. The third-order valence-corrected chi connectivity index (χ3v) is 3.58. The van der Waals surface area contributed by atoms with Gasteiger partial charge in [-0.25, -0.2) is 9.78 Å². The number of hydrogen-bond donors (Lipinski definition) is 1. The molecule has 0 saturated heterocycles. The molecule has 0 aliphatic rings. The average Bonchev–Trinajstić information content (AvgIpc) is 2.83. The highest BCUT2D eigenvalue weighted by molar-refractivity contribution is 7.11. The van der Waals surface area contributed by atoms with Gasteiger partial charge in [-0.3, -0.25) is 4.98 Å². The summed E-state index contributed by atoms with van der Waals surface area (Å²) < 4.78 is 5.56.